The second-order valence-electron chi connectivity index (χ2n) is 4.17. The highest BCUT2D eigenvalue weighted by Crippen LogP contribution is 2.37. The zero-order valence-electron chi connectivity index (χ0n) is 10.2. The Balaban J connectivity index is 2.42. The van der Waals surface area contributed by atoms with Crippen LogP contribution in [0.2, 0.25) is 15.1 Å². The van der Waals surface area contributed by atoms with Crippen LogP contribution in [0.5, 0.6) is 0 Å². The number of rotatable bonds is 2. The molecule has 0 radical (unpaired) electrons. The van der Waals surface area contributed by atoms with Gasteiger partial charge < -0.3 is 11.1 Å². The average molecular weight is 356 g/mol. The molecule has 0 unspecified atom stereocenters. The molecular formula is C13H8Cl3F3N2. The average Bonchev–Trinajstić information content (AvgIpc) is 2.37. The van der Waals surface area contributed by atoms with E-state index in [9.17, 15) is 13.2 Å². The summed E-state index contributed by atoms with van der Waals surface area (Å²) in [7, 11) is 0. The van der Waals surface area contributed by atoms with Crippen LogP contribution in [0.1, 0.15) is 5.56 Å². The highest BCUT2D eigenvalue weighted by Gasteiger charge is 2.31. The van der Waals surface area contributed by atoms with E-state index in [-0.39, 0.29) is 26.4 Å². The Morgan fingerprint density at radius 1 is 0.857 bits per heavy atom. The van der Waals surface area contributed by atoms with Crippen molar-refractivity contribution in [1.29, 1.82) is 0 Å². The number of nitrogens with one attached hydrogen (secondary N) is 1. The molecule has 0 heterocycles. The van der Waals surface area contributed by atoms with Gasteiger partial charge in [0.05, 0.1) is 37.7 Å². The topological polar surface area (TPSA) is 38.0 Å². The van der Waals surface area contributed by atoms with Crippen molar-refractivity contribution in [2.75, 3.05) is 11.1 Å². The summed E-state index contributed by atoms with van der Waals surface area (Å²) < 4.78 is 38.1. The number of halogens is 6. The van der Waals surface area contributed by atoms with E-state index in [0.29, 0.717) is 5.69 Å². The molecule has 0 atom stereocenters. The first-order chi connectivity index (χ1) is 9.68. The molecule has 0 fully saturated rings. The van der Waals surface area contributed by atoms with Crippen LogP contribution in [0.25, 0.3) is 0 Å². The minimum absolute atomic E-state index is 0.0663. The van der Waals surface area contributed by atoms with E-state index >= 15 is 0 Å². The second kappa shape index (κ2) is 5.83. The van der Waals surface area contributed by atoms with Gasteiger partial charge in [0.25, 0.3) is 0 Å². The lowest BCUT2D eigenvalue weighted by Crippen LogP contribution is -2.06. The van der Waals surface area contributed by atoms with Gasteiger partial charge in [-0.2, -0.15) is 13.2 Å². The molecule has 2 nitrogen and oxygen atoms in total. The molecule has 0 spiro atoms. The molecule has 0 bridgehead atoms. The maximum absolute atomic E-state index is 12.7. The van der Waals surface area contributed by atoms with E-state index in [1.54, 1.807) is 0 Å². The van der Waals surface area contributed by atoms with Crippen LogP contribution in [0.4, 0.5) is 30.2 Å². The van der Waals surface area contributed by atoms with Gasteiger partial charge in [0.2, 0.25) is 0 Å². The fourth-order valence-corrected chi connectivity index (χ4v) is 2.11. The number of nitrogens with two attached hydrogens (primary N) is 1. The Morgan fingerprint density at radius 2 is 1.48 bits per heavy atom. The number of benzene rings is 2. The van der Waals surface area contributed by atoms with Gasteiger partial charge in [0.1, 0.15) is 0 Å². The fourth-order valence-electron chi connectivity index (χ4n) is 1.61. The number of hydrogen-bond donors (Lipinski definition) is 2. The van der Waals surface area contributed by atoms with Crippen LogP contribution in [0.15, 0.2) is 30.3 Å². The Hall–Kier alpha value is -1.30. The lowest BCUT2D eigenvalue weighted by molar-refractivity contribution is -0.137. The minimum atomic E-state index is -4.47. The molecule has 3 N–H and O–H groups in total. The van der Waals surface area contributed by atoms with Gasteiger partial charge in [-0.05, 0) is 30.3 Å². The quantitative estimate of drug-likeness (QED) is 0.649. The molecule has 0 amide bonds. The summed E-state index contributed by atoms with van der Waals surface area (Å²) in [6, 6.07) is 5.75. The van der Waals surface area contributed by atoms with Gasteiger partial charge in [0.15, 0.2) is 0 Å². The standard InChI is InChI=1S/C13H8Cl3F3N2/c14-7-2-1-6(13(17,18)19)3-11(7)21-12-5-9(16)8(15)4-10(12)20/h1-5,21H,20H2. The number of nitrogen functional groups attached to an aromatic ring is 1. The minimum Gasteiger partial charge on any atom is -0.397 e. The van der Waals surface area contributed by atoms with Crippen molar-refractivity contribution < 1.29 is 13.2 Å². The molecule has 0 aromatic heterocycles. The normalized spacial score (nSPS) is 11.5. The molecule has 2 aromatic carbocycles. The molecule has 0 saturated heterocycles. The monoisotopic (exact) mass is 354 g/mol. The summed E-state index contributed by atoms with van der Waals surface area (Å²) >= 11 is 17.5. The predicted molar refractivity (Wildman–Crippen MR) is 80.6 cm³/mol. The summed E-state index contributed by atoms with van der Waals surface area (Å²) in [6.07, 6.45) is -4.47. The van der Waals surface area contributed by atoms with Crippen LogP contribution in [0.3, 0.4) is 0 Å². The highest BCUT2D eigenvalue weighted by molar-refractivity contribution is 6.42. The Morgan fingerprint density at radius 3 is 2.10 bits per heavy atom. The number of alkyl halides is 3. The largest absolute Gasteiger partial charge is 0.416 e. The summed E-state index contributed by atoms with van der Waals surface area (Å²) in [6.45, 7) is 0. The van der Waals surface area contributed by atoms with Crippen LogP contribution >= 0.6 is 34.8 Å². The van der Waals surface area contributed by atoms with E-state index in [4.69, 9.17) is 40.5 Å². The van der Waals surface area contributed by atoms with Gasteiger partial charge in [-0.3, -0.25) is 0 Å². The van der Waals surface area contributed by atoms with E-state index in [0.717, 1.165) is 18.2 Å². The van der Waals surface area contributed by atoms with Crippen molar-refractivity contribution in [1.82, 2.24) is 0 Å². The van der Waals surface area contributed by atoms with Gasteiger partial charge in [-0.25, -0.2) is 0 Å². The molecule has 0 aliphatic rings. The summed E-state index contributed by atoms with van der Waals surface area (Å²) in [4.78, 5) is 0. The maximum Gasteiger partial charge on any atom is 0.416 e. The van der Waals surface area contributed by atoms with Crippen LogP contribution in [-0.4, -0.2) is 0 Å². The highest BCUT2D eigenvalue weighted by atomic mass is 35.5. The third kappa shape index (κ3) is 3.67. The van der Waals surface area contributed by atoms with Crippen molar-refractivity contribution >= 4 is 51.9 Å². The van der Waals surface area contributed by atoms with E-state index in [1.165, 1.54) is 12.1 Å². The lowest BCUT2D eigenvalue weighted by Gasteiger charge is -2.14. The van der Waals surface area contributed by atoms with Gasteiger partial charge in [-0.1, -0.05) is 34.8 Å². The smallest absolute Gasteiger partial charge is 0.397 e. The van der Waals surface area contributed by atoms with Crippen molar-refractivity contribution in [3.63, 3.8) is 0 Å². The molecule has 0 aliphatic carbocycles. The number of anilines is 3. The molecule has 2 rings (SSSR count). The fraction of sp³-hybridized carbons (Fsp3) is 0.0769. The lowest BCUT2D eigenvalue weighted by atomic mass is 10.2. The predicted octanol–water partition coefficient (Wildman–Crippen LogP) is 5.99. The first-order valence-electron chi connectivity index (χ1n) is 5.57. The third-order valence-corrected chi connectivity index (χ3v) is 3.71. The van der Waals surface area contributed by atoms with Crippen LogP contribution in [-0.2, 0) is 6.18 Å². The van der Waals surface area contributed by atoms with Crippen LogP contribution in [0, 0.1) is 0 Å². The van der Waals surface area contributed by atoms with E-state index < -0.39 is 11.7 Å². The van der Waals surface area contributed by atoms with Crippen molar-refractivity contribution in [3.8, 4) is 0 Å². The van der Waals surface area contributed by atoms with Gasteiger partial charge in [0, 0.05) is 0 Å². The molecule has 112 valence electrons. The molecule has 21 heavy (non-hydrogen) atoms. The van der Waals surface area contributed by atoms with E-state index in [2.05, 4.69) is 5.32 Å². The molecule has 8 heteroatoms. The zero-order chi connectivity index (χ0) is 15.8. The van der Waals surface area contributed by atoms with Crippen molar-refractivity contribution in [2.45, 2.75) is 6.18 Å². The molecule has 2 aromatic rings. The number of hydrogen-bond acceptors (Lipinski definition) is 2. The first kappa shape index (κ1) is 16.1. The maximum atomic E-state index is 12.7. The Bertz CT molecular complexity index is 687. The first-order valence-corrected chi connectivity index (χ1v) is 6.70. The zero-order valence-corrected chi connectivity index (χ0v) is 12.5. The SMILES string of the molecule is Nc1cc(Cl)c(Cl)cc1Nc1cc(C(F)(F)F)ccc1Cl. The van der Waals surface area contributed by atoms with Gasteiger partial charge in [-0.15, -0.1) is 0 Å². The van der Waals surface area contributed by atoms with E-state index in [1.807, 2.05) is 0 Å². The Labute approximate surface area is 133 Å². The summed E-state index contributed by atoms with van der Waals surface area (Å²) in [5, 5.41) is 3.30. The molecular weight excluding hydrogens is 348 g/mol. The molecule has 0 saturated carbocycles. The van der Waals surface area contributed by atoms with Crippen molar-refractivity contribution in [2.24, 2.45) is 0 Å². The molecule has 0 aliphatic heterocycles. The van der Waals surface area contributed by atoms with Crippen molar-refractivity contribution in [3.05, 3.63) is 51.0 Å². The van der Waals surface area contributed by atoms with Crippen LogP contribution < -0.4 is 11.1 Å². The summed E-state index contributed by atoms with van der Waals surface area (Å²) in [5.41, 5.74) is 5.53. The third-order valence-electron chi connectivity index (χ3n) is 2.66. The summed E-state index contributed by atoms with van der Waals surface area (Å²) in [5.74, 6) is 0. The Kier molecular flexibility index (Phi) is 4.46. The second-order valence-corrected chi connectivity index (χ2v) is 5.39. The van der Waals surface area contributed by atoms with Gasteiger partial charge >= 0.3 is 6.18 Å².